The van der Waals surface area contributed by atoms with Gasteiger partial charge in [-0.1, -0.05) is 18.2 Å². The van der Waals surface area contributed by atoms with E-state index in [9.17, 15) is 19.5 Å². The molecular weight excluding hydrogens is 276 g/mol. The number of carboxylic acids is 2. The van der Waals surface area contributed by atoms with E-state index in [0.717, 1.165) is 6.92 Å². The first-order chi connectivity index (χ1) is 9.59. The van der Waals surface area contributed by atoms with Crippen LogP contribution in [0.3, 0.4) is 0 Å². The monoisotopic (exact) mass is 294 g/mol. The molecule has 0 aliphatic heterocycles. The van der Waals surface area contributed by atoms with E-state index >= 15 is 0 Å². The van der Waals surface area contributed by atoms with Crippen molar-refractivity contribution in [3.05, 3.63) is 30.3 Å². The lowest BCUT2D eigenvalue weighted by Gasteiger charge is -2.32. The van der Waals surface area contributed by atoms with Crippen molar-refractivity contribution in [2.75, 3.05) is 5.32 Å². The highest BCUT2D eigenvalue weighted by Crippen LogP contribution is 2.16. The van der Waals surface area contributed by atoms with Crippen molar-refractivity contribution >= 4 is 23.5 Å². The van der Waals surface area contributed by atoms with Gasteiger partial charge >= 0.3 is 11.9 Å². The maximum atomic E-state index is 12.2. The van der Waals surface area contributed by atoms with Crippen LogP contribution < -0.4 is 10.6 Å². The molecule has 0 radical (unpaired) electrons. The molecule has 21 heavy (non-hydrogen) atoms. The topological polar surface area (TPSA) is 116 Å². The van der Waals surface area contributed by atoms with Crippen molar-refractivity contribution in [3.63, 3.8) is 0 Å². The smallest absolute Gasteiger partial charge is 0.333 e. The van der Waals surface area contributed by atoms with E-state index in [2.05, 4.69) is 10.6 Å². The number of aliphatic carboxylic acids is 2. The highest BCUT2D eigenvalue weighted by Gasteiger charge is 2.47. The molecule has 0 aliphatic rings. The number of carboxylic acid groups (broad SMARTS) is 2. The van der Waals surface area contributed by atoms with Crippen LogP contribution in [0.1, 0.15) is 20.8 Å². The van der Waals surface area contributed by atoms with Gasteiger partial charge in [0.25, 0.3) is 5.91 Å². The number of nitrogens with one attached hydrogen (secondary N) is 2. The second-order valence-corrected chi connectivity index (χ2v) is 5.31. The van der Waals surface area contributed by atoms with Gasteiger partial charge in [0.1, 0.15) is 5.54 Å². The van der Waals surface area contributed by atoms with Crippen LogP contribution in [-0.4, -0.2) is 39.1 Å². The van der Waals surface area contributed by atoms with Crippen LogP contribution in [0.15, 0.2) is 30.3 Å². The van der Waals surface area contributed by atoms with E-state index in [-0.39, 0.29) is 0 Å². The van der Waals surface area contributed by atoms with Crippen molar-refractivity contribution in [3.8, 4) is 0 Å². The molecule has 114 valence electrons. The summed E-state index contributed by atoms with van der Waals surface area (Å²) in [6, 6.07) is 8.31. The number of hydrogen-bond donors (Lipinski definition) is 4. The summed E-state index contributed by atoms with van der Waals surface area (Å²) in [5.41, 5.74) is -3.25. The minimum absolute atomic E-state index is 0.421. The van der Waals surface area contributed by atoms with Crippen LogP contribution >= 0.6 is 0 Å². The van der Waals surface area contributed by atoms with E-state index in [0.29, 0.717) is 5.69 Å². The van der Waals surface area contributed by atoms with Gasteiger partial charge in [0.05, 0.1) is 0 Å². The lowest BCUT2D eigenvalue weighted by atomic mass is 9.94. The Morgan fingerprint density at radius 3 is 1.90 bits per heavy atom. The third-order valence-corrected chi connectivity index (χ3v) is 3.01. The summed E-state index contributed by atoms with van der Waals surface area (Å²) in [4.78, 5) is 34.8. The lowest BCUT2D eigenvalue weighted by molar-refractivity contribution is -0.152. The van der Waals surface area contributed by atoms with Gasteiger partial charge in [-0.3, -0.25) is 14.9 Å². The largest absolute Gasteiger partial charge is 0.480 e. The van der Waals surface area contributed by atoms with E-state index < -0.39 is 28.9 Å². The van der Waals surface area contributed by atoms with Crippen LogP contribution in [-0.2, 0) is 14.4 Å². The molecule has 7 heteroatoms. The van der Waals surface area contributed by atoms with Crippen LogP contribution in [0.25, 0.3) is 0 Å². The standard InChI is InChI=1S/C14H18N2O5/c1-13(2,11(18)19)16-14(3,12(20)21)10(17)15-9-7-5-4-6-8-9/h4-8,16H,1-3H3,(H,15,17)(H,18,19)(H,20,21). The third-order valence-electron chi connectivity index (χ3n) is 3.01. The maximum absolute atomic E-state index is 12.2. The highest BCUT2D eigenvalue weighted by atomic mass is 16.4. The Labute approximate surface area is 122 Å². The van der Waals surface area contributed by atoms with Gasteiger partial charge in [-0.15, -0.1) is 0 Å². The van der Waals surface area contributed by atoms with Crippen LogP contribution in [0.5, 0.6) is 0 Å². The third kappa shape index (κ3) is 3.79. The molecule has 0 bridgehead atoms. The van der Waals surface area contributed by atoms with Gasteiger partial charge in [-0.05, 0) is 32.9 Å². The summed E-state index contributed by atoms with van der Waals surface area (Å²) in [6.45, 7) is 3.69. The summed E-state index contributed by atoms with van der Waals surface area (Å²) in [5.74, 6) is -3.58. The number of para-hydroxylation sites is 1. The maximum Gasteiger partial charge on any atom is 0.333 e. The molecule has 0 spiro atoms. The fourth-order valence-electron chi connectivity index (χ4n) is 1.66. The van der Waals surface area contributed by atoms with Gasteiger partial charge in [0, 0.05) is 5.69 Å². The summed E-state index contributed by atoms with van der Waals surface area (Å²) < 4.78 is 0. The molecule has 1 aromatic carbocycles. The number of carbonyl (C=O) groups excluding carboxylic acids is 1. The molecule has 0 saturated heterocycles. The molecule has 0 aromatic heterocycles. The Morgan fingerprint density at radius 2 is 1.48 bits per heavy atom. The van der Waals surface area contributed by atoms with E-state index in [4.69, 9.17) is 5.11 Å². The lowest BCUT2D eigenvalue weighted by Crippen LogP contribution is -2.66. The molecule has 1 atom stereocenters. The number of carbonyl (C=O) groups is 3. The van der Waals surface area contributed by atoms with Crippen LogP contribution in [0.4, 0.5) is 5.69 Å². The molecule has 4 N–H and O–H groups in total. The Hall–Kier alpha value is -2.41. The Kier molecular flexibility index (Phi) is 4.69. The molecule has 1 rings (SSSR count). The van der Waals surface area contributed by atoms with Gasteiger partial charge in [-0.2, -0.15) is 0 Å². The van der Waals surface area contributed by atoms with Gasteiger partial charge < -0.3 is 15.5 Å². The molecule has 1 amide bonds. The molecule has 0 saturated carbocycles. The molecule has 0 heterocycles. The van der Waals surface area contributed by atoms with E-state index in [1.807, 2.05) is 0 Å². The molecular formula is C14H18N2O5. The number of rotatable bonds is 6. The van der Waals surface area contributed by atoms with E-state index in [1.165, 1.54) is 13.8 Å². The quantitative estimate of drug-likeness (QED) is 0.580. The van der Waals surface area contributed by atoms with Gasteiger partial charge in [-0.25, -0.2) is 4.79 Å². The SMILES string of the molecule is CC(C)(NC(C)(C(=O)O)C(=O)Nc1ccccc1)C(=O)O. The predicted octanol–water partition coefficient (Wildman–Crippen LogP) is 0.921. The van der Waals surface area contributed by atoms with Crippen molar-refractivity contribution in [2.24, 2.45) is 0 Å². The summed E-state index contributed by atoms with van der Waals surface area (Å²) in [5, 5.41) is 23.2. The van der Waals surface area contributed by atoms with Crippen molar-refractivity contribution < 1.29 is 24.6 Å². The van der Waals surface area contributed by atoms with Crippen molar-refractivity contribution in [1.29, 1.82) is 0 Å². The minimum atomic E-state index is -2.09. The Bertz CT molecular complexity index is 556. The number of anilines is 1. The fourth-order valence-corrected chi connectivity index (χ4v) is 1.66. The summed E-state index contributed by atoms with van der Waals surface area (Å²) >= 11 is 0. The zero-order chi connectivity index (χ0) is 16.3. The average Bonchev–Trinajstić information content (AvgIpc) is 2.38. The van der Waals surface area contributed by atoms with Gasteiger partial charge in [0.2, 0.25) is 0 Å². The summed E-state index contributed by atoms with van der Waals surface area (Å²) in [7, 11) is 0. The Balaban J connectivity index is 3.02. The van der Waals surface area contributed by atoms with E-state index in [1.54, 1.807) is 30.3 Å². The van der Waals surface area contributed by atoms with Gasteiger partial charge in [0.15, 0.2) is 5.54 Å². The molecule has 1 aromatic rings. The summed E-state index contributed by atoms with van der Waals surface area (Å²) in [6.07, 6.45) is 0. The molecule has 0 fully saturated rings. The van der Waals surface area contributed by atoms with Crippen LogP contribution in [0.2, 0.25) is 0 Å². The molecule has 1 unspecified atom stereocenters. The van der Waals surface area contributed by atoms with Crippen molar-refractivity contribution in [2.45, 2.75) is 31.8 Å². The number of benzene rings is 1. The normalized spacial score (nSPS) is 14.0. The van der Waals surface area contributed by atoms with Crippen molar-refractivity contribution in [1.82, 2.24) is 5.32 Å². The zero-order valence-electron chi connectivity index (χ0n) is 12.0. The highest BCUT2D eigenvalue weighted by molar-refractivity contribution is 6.12. The first-order valence-electron chi connectivity index (χ1n) is 6.22. The second kappa shape index (κ2) is 5.92. The predicted molar refractivity (Wildman–Crippen MR) is 76.0 cm³/mol. The second-order valence-electron chi connectivity index (χ2n) is 5.31. The first kappa shape index (κ1) is 16.6. The minimum Gasteiger partial charge on any atom is -0.480 e. The molecule has 0 aliphatic carbocycles. The van der Waals surface area contributed by atoms with Crippen LogP contribution in [0, 0.1) is 0 Å². The zero-order valence-corrected chi connectivity index (χ0v) is 12.0. The first-order valence-corrected chi connectivity index (χ1v) is 6.22. The average molecular weight is 294 g/mol. The molecule has 7 nitrogen and oxygen atoms in total. The Morgan fingerprint density at radius 1 is 0.952 bits per heavy atom. The fraction of sp³-hybridized carbons (Fsp3) is 0.357. The number of amides is 1. The number of hydrogen-bond acceptors (Lipinski definition) is 4.